The van der Waals surface area contributed by atoms with Crippen LogP contribution in [0.25, 0.3) is 0 Å². The molecule has 0 radical (unpaired) electrons. The first-order chi connectivity index (χ1) is 13.1. The monoisotopic (exact) mass is 558 g/mol. The van der Waals surface area contributed by atoms with Gasteiger partial charge in [-0.25, -0.2) is 17.2 Å². The number of ether oxygens (including phenoxy) is 1. The van der Waals surface area contributed by atoms with Gasteiger partial charge < -0.3 is 9.64 Å². The van der Waals surface area contributed by atoms with E-state index in [1.807, 2.05) is 7.05 Å². The predicted molar refractivity (Wildman–Crippen MR) is 111 cm³/mol. The van der Waals surface area contributed by atoms with Crippen molar-refractivity contribution in [3.8, 4) is 5.75 Å². The van der Waals surface area contributed by atoms with Crippen molar-refractivity contribution in [2.75, 3.05) is 24.9 Å². The van der Waals surface area contributed by atoms with Crippen LogP contribution in [0, 0.1) is 11.6 Å². The summed E-state index contributed by atoms with van der Waals surface area (Å²) in [7, 11) is -2.46. The van der Waals surface area contributed by atoms with Crippen LogP contribution < -0.4 is 9.46 Å². The Kier molecular flexibility index (Phi) is 6.55. The third kappa shape index (κ3) is 4.62. The lowest BCUT2D eigenvalue weighted by Crippen LogP contribution is -2.21. The van der Waals surface area contributed by atoms with Crippen molar-refractivity contribution in [2.45, 2.75) is 17.4 Å². The summed E-state index contributed by atoms with van der Waals surface area (Å²) in [6.07, 6.45) is 0.748. The summed E-state index contributed by atoms with van der Waals surface area (Å²) in [5.74, 6) is -1.72. The highest BCUT2D eigenvalue weighted by Gasteiger charge is 2.28. The highest BCUT2D eigenvalue weighted by Crippen LogP contribution is 2.35. The van der Waals surface area contributed by atoms with E-state index in [1.165, 1.54) is 18.2 Å². The van der Waals surface area contributed by atoms with Crippen LogP contribution in [-0.2, 0) is 10.0 Å². The summed E-state index contributed by atoms with van der Waals surface area (Å²) in [6.45, 7) is 1.61. The highest BCUT2D eigenvalue weighted by atomic mass is 79.9. The van der Waals surface area contributed by atoms with Gasteiger partial charge in [0.05, 0.1) is 19.7 Å². The summed E-state index contributed by atoms with van der Waals surface area (Å²) in [5, 5.41) is 0.318. The zero-order chi connectivity index (χ0) is 20.6. The molecule has 152 valence electrons. The van der Waals surface area contributed by atoms with Crippen LogP contribution in [0.5, 0.6) is 5.75 Å². The topological polar surface area (TPSA) is 58.6 Å². The fraction of sp³-hybridized carbons (Fsp3) is 0.294. The average Bonchev–Trinajstić information content (AvgIpc) is 3.01. The Morgan fingerprint density at radius 3 is 2.64 bits per heavy atom. The minimum absolute atomic E-state index is 0.0693. The van der Waals surface area contributed by atoms with Crippen LogP contribution in [0.15, 0.2) is 38.1 Å². The van der Waals surface area contributed by atoms with Crippen molar-refractivity contribution >= 4 is 59.2 Å². The first-order valence-corrected chi connectivity index (χ1v) is 11.5. The van der Waals surface area contributed by atoms with Gasteiger partial charge in [-0.15, -0.1) is 0 Å². The van der Waals surface area contributed by atoms with Crippen LogP contribution >= 0.6 is 43.5 Å². The molecule has 1 fully saturated rings. The van der Waals surface area contributed by atoms with Crippen molar-refractivity contribution in [3.05, 3.63) is 49.9 Å². The van der Waals surface area contributed by atoms with E-state index in [1.54, 1.807) is 0 Å². The number of likely N-dealkylation sites (tertiary alicyclic amines) is 1. The van der Waals surface area contributed by atoms with E-state index >= 15 is 0 Å². The molecule has 11 heteroatoms. The largest absolute Gasteiger partial charge is 0.487 e. The molecule has 28 heavy (non-hydrogen) atoms. The molecule has 0 saturated carbocycles. The summed E-state index contributed by atoms with van der Waals surface area (Å²) >= 11 is 11.8. The van der Waals surface area contributed by atoms with Crippen LogP contribution in [0.3, 0.4) is 0 Å². The Labute approximate surface area is 183 Å². The normalized spacial score (nSPS) is 17.7. The van der Waals surface area contributed by atoms with Gasteiger partial charge in [-0.05, 0) is 63.5 Å². The van der Waals surface area contributed by atoms with Gasteiger partial charge in [-0.2, -0.15) is 0 Å². The number of rotatable bonds is 5. The lowest BCUT2D eigenvalue weighted by Gasteiger charge is -2.17. The maximum Gasteiger partial charge on any atom is 0.266 e. The molecule has 1 saturated heterocycles. The molecule has 0 aliphatic carbocycles. The quantitative estimate of drug-likeness (QED) is 0.522. The maximum absolute atomic E-state index is 14.4. The number of likely N-dealkylation sites (N-methyl/N-ethyl adjacent to an activating group) is 1. The van der Waals surface area contributed by atoms with Gasteiger partial charge >= 0.3 is 0 Å². The van der Waals surface area contributed by atoms with Crippen LogP contribution in [0.4, 0.5) is 14.5 Å². The second-order valence-corrected chi connectivity index (χ2v) is 10.0. The van der Waals surface area contributed by atoms with E-state index in [0.717, 1.165) is 25.6 Å². The van der Waals surface area contributed by atoms with Gasteiger partial charge in [-0.1, -0.05) is 11.6 Å². The third-order valence-electron chi connectivity index (χ3n) is 4.17. The maximum atomic E-state index is 14.4. The van der Waals surface area contributed by atoms with Gasteiger partial charge in [0.2, 0.25) is 0 Å². The zero-order valence-electron chi connectivity index (χ0n) is 14.5. The van der Waals surface area contributed by atoms with Gasteiger partial charge in [0.15, 0.2) is 5.82 Å². The van der Waals surface area contributed by atoms with E-state index in [4.69, 9.17) is 16.3 Å². The standard InChI is InChI=1S/C17H15Br2ClF2N2O3S/c1-24-5-4-10(8-24)27-14-6-9(2-3-12(14)20)23-28(25,26)17-15(19)13(21)7-11(18)16(17)22/h2-3,6-7,10,23H,4-5,8H2,1H3. The SMILES string of the molecule is CN1CCC(Oc2cc(NS(=O)(=O)c3c(F)c(Br)cc(F)c3Br)ccc2Cl)C1. The Morgan fingerprint density at radius 2 is 2.00 bits per heavy atom. The molecule has 0 spiro atoms. The van der Waals surface area contributed by atoms with Crippen LogP contribution in [0.1, 0.15) is 6.42 Å². The minimum atomic E-state index is -4.43. The summed E-state index contributed by atoms with van der Waals surface area (Å²) in [5.41, 5.74) is 0.109. The van der Waals surface area contributed by atoms with Crippen molar-refractivity contribution in [2.24, 2.45) is 0 Å². The first kappa shape index (κ1) is 21.8. The van der Waals surface area contributed by atoms with Crippen molar-refractivity contribution in [3.63, 3.8) is 0 Å². The van der Waals surface area contributed by atoms with Crippen molar-refractivity contribution in [1.82, 2.24) is 4.90 Å². The second kappa shape index (κ2) is 8.43. The van der Waals surface area contributed by atoms with Crippen molar-refractivity contribution in [1.29, 1.82) is 0 Å². The average molecular weight is 561 g/mol. The molecule has 1 unspecified atom stereocenters. The Hall–Kier alpha value is -0.940. The molecule has 5 nitrogen and oxygen atoms in total. The number of hydrogen-bond acceptors (Lipinski definition) is 4. The summed E-state index contributed by atoms with van der Waals surface area (Å²) in [4.78, 5) is 1.27. The first-order valence-electron chi connectivity index (χ1n) is 8.09. The molecular formula is C17H15Br2ClF2N2O3S. The number of nitrogens with one attached hydrogen (secondary N) is 1. The third-order valence-corrected chi connectivity index (χ3v) is 7.52. The molecule has 1 N–H and O–H groups in total. The van der Waals surface area contributed by atoms with Gasteiger partial charge in [0, 0.05) is 19.2 Å². The van der Waals surface area contributed by atoms with Crippen LogP contribution in [-0.4, -0.2) is 39.6 Å². The fourth-order valence-corrected chi connectivity index (χ4v) is 5.66. The minimum Gasteiger partial charge on any atom is -0.487 e. The molecule has 1 atom stereocenters. The Morgan fingerprint density at radius 1 is 1.29 bits per heavy atom. The predicted octanol–water partition coefficient (Wildman–Crippen LogP) is 5.03. The smallest absolute Gasteiger partial charge is 0.266 e. The number of nitrogens with zero attached hydrogens (tertiary/aromatic N) is 1. The molecule has 0 aromatic heterocycles. The van der Waals surface area contributed by atoms with E-state index < -0.39 is 31.0 Å². The molecule has 1 aliphatic heterocycles. The number of hydrogen-bond donors (Lipinski definition) is 1. The fourth-order valence-electron chi connectivity index (χ4n) is 2.82. The zero-order valence-corrected chi connectivity index (χ0v) is 19.2. The molecular weight excluding hydrogens is 546 g/mol. The molecule has 2 aromatic rings. The second-order valence-electron chi connectivity index (χ2n) is 6.34. The number of sulfonamides is 1. The van der Waals surface area contributed by atoms with Gasteiger partial charge in [0.1, 0.15) is 22.6 Å². The molecule has 2 aromatic carbocycles. The molecule has 3 rings (SSSR count). The number of benzene rings is 2. The lowest BCUT2D eigenvalue weighted by molar-refractivity contribution is 0.208. The van der Waals surface area contributed by atoms with E-state index in [-0.39, 0.29) is 16.3 Å². The molecule has 1 aliphatic rings. The Bertz CT molecular complexity index is 998. The van der Waals surface area contributed by atoms with Crippen molar-refractivity contribution < 1.29 is 21.9 Å². The Balaban J connectivity index is 1.90. The van der Waals surface area contributed by atoms with E-state index in [0.29, 0.717) is 10.8 Å². The van der Waals surface area contributed by atoms with Gasteiger partial charge in [-0.3, -0.25) is 4.72 Å². The summed E-state index contributed by atoms with van der Waals surface area (Å²) in [6, 6.07) is 5.14. The number of anilines is 1. The molecule has 0 amide bonds. The van der Waals surface area contributed by atoms with E-state index in [9.17, 15) is 17.2 Å². The molecule has 0 bridgehead atoms. The van der Waals surface area contributed by atoms with Crippen LogP contribution in [0.2, 0.25) is 5.02 Å². The molecule has 1 heterocycles. The van der Waals surface area contributed by atoms with E-state index in [2.05, 4.69) is 41.5 Å². The van der Waals surface area contributed by atoms with Gasteiger partial charge in [0.25, 0.3) is 10.0 Å². The number of halogens is 5. The highest BCUT2D eigenvalue weighted by molar-refractivity contribution is 9.11. The lowest BCUT2D eigenvalue weighted by atomic mass is 10.3. The summed E-state index contributed by atoms with van der Waals surface area (Å²) < 4.78 is 60.9.